The van der Waals surface area contributed by atoms with E-state index in [9.17, 15) is 16.8 Å². The van der Waals surface area contributed by atoms with Crippen LogP contribution in [0.3, 0.4) is 0 Å². The van der Waals surface area contributed by atoms with Crippen molar-refractivity contribution in [2.75, 3.05) is 95.5 Å². The summed E-state index contributed by atoms with van der Waals surface area (Å²) in [7, 11) is 1.66. The van der Waals surface area contributed by atoms with Crippen LogP contribution in [0.15, 0.2) is 24.8 Å². The van der Waals surface area contributed by atoms with E-state index >= 15 is 0 Å². The van der Waals surface area contributed by atoms with Gasteiger partial charge in [-0.25, -0.2) is 36.8 Å². The number of hydrogen-bond acceptors (Lipinski definition) is 20. The van der Waals surface area contributed by atoms with E-state index in [-0.39, 0.29) is 47.1 Å². The summed E-state index contributed by atoms with van der Waals surface area (Å²) in [5.74, 6) is 1.82. The third-order valence-electron chi connectivity index (χ3n) is 11.3. The Kier molecular flexibility index (Phi) is 20.5. The predicted molar refractivity (Wildman–Crippen MR) is 240 cm³/mol. The van der Waals surface area contributed by atoms with Gasteiger partial charge in [0.15, 0.2) is 31.3 Å². The Morgan fingerprint density at radius 1 is 0.591 bits per heavy atom. The van der Waals surface area contributed by atoms with E-state index in [1.807, 2.05) is 9.13 Å². The van der Waals surface area contributed by atoms with Gasteiger partial charge in [0.1, 0.15) is 47.0 Å². The molecule has 2 aliphatic rings. The second-order valence-corrected chi connectivity index (χ2v) is 21.4. The number of rotatable bonds is 24. The minimum Gasteiger partial charge on any atom is -0.382 e. The fourth-order valence-electron chi connectivity index (χ4n) is 7.82. The van der Waals surface area contributed by atoms with Gasteiger partial charge in [0.2, 0.25) is 0 Å². The molecule has 2 aliphatic heterocycles. The van der Waals surface area contributed by atoms with Crippen LogP contribution < -0.4 is 0 Å². The Bertz CT molecular complexity index is 2140. The second kappa shape index (κ2) is 25.3. The van der Waals surface area contributed by atoms with Crippen LogP contribution in [0.4, 0.5) is 0 Å². The maximum absolute atomic E-state index is 13.4. The second-order valence-electron chi connectivity index (χ2n) is 15.8. The number of methoxy groups -OCH3 is 6. The lowest BCUT2D eigenvalue weighted by atomic mass is 10.1. The summed E-state index contributed by atoms with van der Waals surface area (Å²) >= 11 is 11.7. The molecule has 0 bridgehead atoms. The molecule has 26 heteroatoms. The lowest BCUT2D eigenvalue weighted by molar-refractivity contribution is 0.0860. The molecule has 0 radical (unpaired) electrons. The van der Waals surface area contributed by atoms with E-state index in [0.29, 0.717) is 86.2 Å². The van der Waals surface area contributed by atoms with E-state index in [0.717, 1.165) is 12.8 Å². The number of aromatic nitrogens is 10. The van der Waals surface area contributed by atoms with Crippen molar-refractivity contribution in [1.82, 2.24) is 49.5 Å². The normalized spacial score (nSPS) is 18.7. The monoisotopic (exact) mass is 1010 g/mol. The smallest absolute Gasteiger partial charge is 0.163 e. The van der Waals surface area contributed by atoms with Gasteiger partial charge in [-0.05, 0) is 26.7 Å². The van der Waals surface area contributed by atoms with Crippen molar-refractivity contribution < 1.29 is 54.7 Å². The molecule has 2 saturated heterocycles. The summed E-state index contributed by atoms with van der Waals surface area (Å²) in [5, 5.41) is 16.0. The van der Waals surface area contributed by atoms with Crippen LogP contribution in [0.2, 0.25) is 10.0 Å². The van der Waals surface area contributed by atoms with Gasteiger partial charge in [0.25, 0.3) is 0 Å². The molecular weight excluding hydrogens is 948 g/mol. The van der Waals surface area contributed by atoms with Gasteiger partial charge >= 0.3 is 0 Å². The molecule has 4 aromatic heterocycles. The van der Waals surface area contributed by atoms with E-state index in [2.05, 4.69) is 40.3 Å². The highest BCUT2D eigenvalue weighted by Gasteiger charge is 2.38. The van der Waals surface area contributed by atoms with Crippen LogP contribution >= 0.6 is 23.2 Å². The highest BCUT2D eigenvalue weighted by Crippen LogP contribution is 2.32. The van der Waals surface area contributed by atoms with E-state index in [4.69, 9.17) is 61.1 Å². The van der Waals surface area contributed by atoms with Crippen molar-refractivity contribution in [2.24, 2.45) is 0 Å². The molecule has 6 rings (SSSR count). The molecule has 6 atom stereocenters. The minimum absolute atomic E-state index is 0.0248. The fraction of sp³-hybridized carbons (Fsp3) is 0.700. The molecule has 0 saturated carbocycles. The predicted octanol–water partition coefficient (Wildman–Crippen LogP) is 3.50. The molecular formula is C40H60Cl2N10O12S2. The summed E-state index contributed by atoms with van der Waals surface area (Å²) in [6, 6.07) is -0.576. The molecule has 0 amide bonds. The van der Waals surface area contributed by atoms with Crippen molar-refractivity contribution >= 4 is 42.9 Å². The van der Waals surface area contributed by atoms with Crippen molar-refractivity contribution in [1.29, 1.82) is 0 Å². The number of halogens is 2. The van der Waals surface area contributed by atoms with Crippen LogP contribution in [-0.4, -0.2) is 172 Å². The van der Waals surface area contributed by atoms with Crippen LogP contribution in [-0.2, 0) is 69.1 Å². The maximum Gasteiger partial charge on any atom is 0.163 e. The van der Waals surface area contributed by atoms with Crippen molar-refractivity contribution in [3.8, 4) is 0 Å². The molecule has 0 unspecified atom stereocenters. The van der Waals surface area contributed by atoms with Crippen LogP contribution in [0, 0.1) is 0 Å². The standard InChI is InChI=1S/2C20H30ClN5O6S/c2*1-13(18(31-4)19-22-7-15(21)8-23-19)33(27,28)12-17-24-25-20(14-5-6-32-9-14)26(17)16(10-29-2)11-30-3/h2*7-8,13-14,16,18H,5-6,9-12H2,1-4H3/t13-,14+,18-;13-,14-,18-/m00/s1. The molecule has 0 N–H and O–H groups in total. The Labute approximate surface area is 395 Å². The first-order valence-electron chi connectivity index (χ1n) is 21.1. The van der Waals surface area contributed by atoms with Gasteiger partial charge in [0, 0.05) is 92.5 Å². The zero-order chi connectivity index (χ0) is 48.0. The van der Waals surface area contributed by atoms with Gasteiger partial charge in [0.05, 0.1) is 72.3 Å². The molecule has 0 spiro atoms. The number of nitrogens with zero attached hydrogens (tertiary/aromatic N) is 10. The van der Waals surface area contributed by atoms with E-state index in [1.54, 1.807) is 42.3 Å². The maximum atomic E-state index is 13.4. The lowest BCUT2D eigenvalue weighted by Crippen LogP contribution is -2.31. The lowest BCUT2D eigenvalue weighted by Gasteiger charge is -2.24. The first-order chi connectivity index (χ1) is 31.6. The third-order valence-corrected chi connectivity index (χ3v) is 15.8. The number of hydrogen-bond donors (Lipinski definition) is 0. The molecule has 0 aromatic carbocycles. The molecule has 368 valence electrons. The summed E-state index contributed by atoms with van der Waals surface area (Å²) < 4.78 is 101. The molecule has 4 aromatic rings. The topological polar surface area (TPSA) is 255 Å². The summed E-state index contributed by atoms with van der Waals surface area (Å²) in [5.41, 5.74) is 0. The van der Waals surface area contributed by atoms with Crippen LogP contribution in [0.5, 0.6) is 0 Å². The Morgan fingerprint density at radius 3 is 1.20 bits per heavy atom. The Morgan fingerprint density at radius 2 is 0.924 bits per heavy atom. The minimum atomic E-state index is -3.75. The molecule has 66 heavy (non-hydrogen) atoms. The summed E-state index contributed by atoms with van der Waals surface area (Å²) in [6.07, 6.45) is 5.44. The summed E-state index contributed by atoms with van der Waals surface area (Å²) in [4.78, 5) is 16.5. The van der Waals surface area contributed by atoms with Crippen LogP contribution in [0.1, 0.15) is 97.8 Å². The van der Waals surface area contributed by atoms with Gasteiger partial charge < -0.3 is 47.0 Å². The molecule has 22 nitrogen and oxygen atoms in total. The third kappa shape index (κ3) is 13.4. The molecule has 2 fully saturated rings. The Balaban J connectivity index is 0.000000247. The zero-order valence-electron chi connectivity index (χ0n) is 38.4. The highest BCUT2D eigenvalue weighted by molar-refractivity contribution is 7.91. The van der Waals surface area contributed by atoms with E-state index < -0.39 is 42.4 Å². The van der Waals surface area contributed by atoms with E-state index in [1.165, 1.54) is 39.0 Å². The fourth-order valence-corrected chi connectivity index (χ4v) is 10.9. The average molecular weight is 1010 g/mol. The van der Waals surface area contributed by atoms with Gasteiger partial charge in [-0.15, -0.1) is 20.4 Å². The number of sulfone groups is 2. The average Bonchev–Trinajstić information content (AvgIpc) is 4.14. The SMILES string of the molecule is COCC(COC)n1c(CS(=O)(=O)[C@@H](C)[C@H](OC)c2ncc(Cl)cn2)nnc1[C@@H]1CCOC1.COCC(COC)n1c(CS(=O)(=O)[C@@H](C)[C@H](OC)c2ncc(Cl)cn2)nnc1[C@H]1CCOC1. The number of ether oxygens (including phenoxy) is 8. The quantitative estimate of drug-likeness (QED) is 0.0973. The van der Waals surface area contributed by atoms with Gasteiger partial charge in [-0.2, -0.15) is 0 Å². The molecule has 6 heterocycles. The van der Waals surface area contributed by atoms with Crippen molar-refractivity contribution in [3.05, 3.63) is 69.8 Å². The summed E-state index contributed by atoms with van der Waals surface area (Å²) in [6.45, 7) is 6.65. The van der Waals surface area contributed by atoms with Crippen molar-refractivity contribution in [2.45, 2.75) is 84.8 Å². The van der Waals surface area contributed by atoms with Gasteiger partial charge in [-0.1, -0.05) is 23.2 Å². The van der Waals surface area contributed by atoms with Crippen LogP contribution in [0.25, 0.3) is 0 Å². The first kappa shape index (κ1) is 53.6. The zero-order valence-corrected chi connectivity index (χ0v) is 41.5. The largest absolute Gasteiger partial charge is 0.382 e. The highest BCUT2D eigenvalue weighted by atomic mass is 35.5. The van der Waals surface area contributed by atoms with Crippen molar-refractivity contribution in [3.63, 3.8) is 0 Å². The first-order valence-corrected chi connectivity index (χ1v) is 25.2. The Hall–Kier alpha value is -3.40. The molecule has 0 aliphatic carbocycles. The van der Waals surface area contributed by atoms with Gasteiger partial charge in [-0.3, -0.25) is 0 Å².